The first-order chi connectivity index (χ1) is 16.0. The number of hydrogen-bond donors (Lipinski definition) is 2. The molecule has 180 valence electrons. The Bertz CT molecular complexity index is 1130. The third-order valence-corrected chi connectivity index (χ3v) is 5.74. The molecule has 0 aliphatic carbocycles. The molecule has 0 spiro atoms. The van der Waals surface area contributed by atoms with Gasteiger partial charge in [0.05, 0.1) is 5.92 Å². The number of benzene rings is 2. The Morgan fingerprint density at radius 3 is 2.29 bits per heavy atom. The third-order valence-electron chi connectivity index (χ3n) is 5.74. The van der Waals surface area contributed by atoms with Crippen molar-refractivity contribution in [2.45, 2.75) is 31.5 Å². The van der Waals surface area contributed by atoms with Crippen LogP contribution in [-0.2, 0) is 17.4 Å². The van der Waals surface area contributed by atoms with Crippen molar-refractivity contribution in [2.24, 2.45) is 11.7 Å². The molecule has 3 atom stereocenters. The molecule has 1 heterocycles. The molecule has 4 nitrogen and oxygen atoms in total. The molecule has 0 saturated carbocycles. The zero-order valence-corrected chi connectivity index (χ0v) is 18.5. The number of nitrogens with two attached hydrogens (primary N) is 1. The van der Waals surface area contributed by atoms with Gasteiger partial charge in [0.2, 0.25) is 5.91 Å². The SMILES string of the molecule is CNC(=O)C(c1ccc(F)cc1)C(Cc1ccc(C(F)(F)F)nc1)C(N)c1cc(C)ccc1F. The Balaban J connectivity index is 2.10. The Hall–Kier alpha value is -3.33. The van der Waals surface area contributed by atoms with Crippen LogP contribution in [0, 0.1) is 24.5 Å². The standard InChI is InChI=1S/C25H24F5N3O/c1-14-3-9-20(27)18(11-14)23(31)19(12-15-4-10-21(33-13-15)25(28,29)30)22(24(34)32-2)16-5-7-17(26)8-6-16/h3-11,13,19,22-23H,12,31H2,1-2H3,(H,32,34). The van der Waals surface area contributed by atoms with E-state index in [1.54, 1.807) is 19.1 Å². The van der Waals surface area contributed by atoms with Crippen molar-refractivity contribution in [2.75, 3.05) is 7.05 Å². The van der Waals surface area contributed by atoms with Gasteiger partial charge in [-0.15, -0.1) is 0 Å². The number of halogens is 5. The average molecular weight is 477 g/mol. The summed E-state index contributed by atoms with van der Waals surface area (Å²) < 4.78 is 67.1. The van der Waals surface area contributed by atoms with Gasteiger partial charge in [0, 0.05) is 24.8 Å². The van der Waals surface area contributed by atoms with E-state index in [-0.39, 0.29) is 12.0 Å². The zero-order chi connectivity index (χ0) is 25.0. The van der Waals surface area contributed by atoms with Gasteiger partial charge in [0.25, 0.3) is 0 Å². The number of hydrogen-bond acceptors (Lipinski definition) is 3. The molecule has 3 aromatic rings. The van der Waals surface area contributed by atoms with Crippen LogP contribution < -0.4 is 11.1 Å². The number of carbonyl (C=O) groups excluding carboxylic acids is 1. The lowest BCUT2D eigenvalue weighted by Crippen LogP contribution is -2.38. The van der Waals surface area contributed by atoms with E-state index in [2.05, 4.69) is 10.3 Å². The van der Waals surface area contributed by atoms with Gasteiger partial charge in [-0.1, -0.05) is 35.9 Å². The normalized spacial score (nSPS) is 14.4. The van der Waals surface area contributed by atoms with Gasteiger partial charge in [0.1, 0.15) is 17.3 Å². The monoisotopic (exact) mass is 477 g/mol. The maximum atomic E-state index is 14.7. The van der Waals surface area contributed by atoms with Crippen LogP contribution in [0.15, 0.2) is 60.8 Å². The smallest absolute Gasteiger partial charge is 0.359 e. The lowest BCUT2D eigenvalue weighted by Gasteiger charge is -2.32. The fourth-order valence-corrected chi connectivity index (χ4v) is 4.01. The van der Waals surface area contributed by atoms with Gasteiger partial charge >= 0.3 is 6.18 Å². The summed E-state index contributed by atoms with van der Waals surface area (Å²) in [5.74, 6) is -3.25. The quantitative estimate of drug-likeness (QED) is 0.467. The highest BCUT2D eigenvalue weighted by Crippen LogP contribution is 2.38. The summed E-state index contributed by atoms with van der Waals surface area (Å²) in [4.78, 5) is 16.5. The Morgan fingerprint density at radius 1 is 1.06 bits per heavy atom. The van der Waals surface area contributed by atoms with Gasteiger partial charge in [-0.2, -0.15) is 13.2 Å². The molecule has 3 rings (SSSR count). The second-order valence-corrected chi connectivity index (χ2v) is 8.11. The number of pyridine rings is 1. The number of amides is 1. The van der Waals surface area contributed by atoms with E-state index >= 15 is 0 Å². The largest absolute Gasteiger partial charge is 0.433 e. The maximum absolute atomic E-state index is 14.7. The minimum absolute atomic E-state index is 0.0230. The van der Waals surface area contributed by atoms with Crippen molar-refractivity contribution >= 4 is 5.91 Å². The average Bonchev–Trinajstić information content (AvgIpc) is 2.80. The van der Waals surface area contributed by atoms with E-state index < -0.39 is 47.3 Å². The van der Waals surface area contributed by atoms with Crippen molar-refractivity contribution in [1.29, 1.82) is 0 Å². The molecule has 2 aromatic carbocycles. The highest BCUT2D eigenvalue weighted by Gasteiger charge is 2.36. The number of aryl methyl sites for hydroxylation is 1. The molecule has 9 heteroatoms. The first kappa shape index (κ1) is 25.3. The highest BCUT2D eigenvalue weighted by atomic mass is 19.4. The van der Waals surface area contributed by atoms with Gasteiger partial charge in [-0.25, -0.2) is 8.78 Å². The molecule has 0 aliphatic rings. The van der Waals surface area contributed by atoms with Crippen LogP contribution in [0.4, 0.5) is 22.0 Å². The molecular weight excluding hydrogens is 453 g/mol. The molecule has 34 heavy (non-hydrogen) atoms. The summed E-state index contributed by atoms with van der Waals surface area (Å²) in [6.45, 7) is 1.76. The Kier molecular flexibility index (Phi) is 7.66. The van der Waals surface area contributed by atoms with E-state index in [0.717, 1.165) is 17.8 Å². The minimum atomic E-state index is -4.60. The zero-order valence-electron chi connectivity index (χ0n) is 18.5. The lowest BCUT2D eigenvalue weighted by atomic mass is 9.75. The molecule has 3 N–H and O–H groups in total. The Morgan fingerprint density at radius 2 is 1.74 bits per heavy atom. The predicted octanol–water partition coefficient (Wildman–Crippen LogP) is 5.08. The number of alkyl halides is 3. The molecule has 0 aliphatic heterocycles. The summed E-state index contributed by atoms with van der Waals surface area (Å²) >= 11 is 0. The molecular formula is C25H24F5N3O. The molecule has 3 unspecified atom stereocenters. The van der Waals surface area contributed by atoms with E-state index in [4.69, 9.17) is 5.73 Å². The third kappa shape index (κ3) is 5.77. The summed E-state index contributed by atoms with van der Waals surface area (Å²) in [6.07, 6.45) is -3.51. The fraction of sp³-hybridized carbons (Fsp3) is 0.280. The van der Waals surface area contributed by atoms with Gasteiger partial charge in [0.15, 0.2) is 0 Å². The van der Waals surface area contributed by atoms with Crippen LogP contribution in [0.2, 0.25) is 0 Å². The van der Waals surface area contributed by atoms with Crippen LogP contribution in [0.5, 0.6) is 0 Å². The van der Waals surface area contributed by atoms with E-state index in [1.165, 1.54) is 43.4 Å². The van der Waals surface area contributed by atoms with Crippen molar-refractivity contribution in [3.63, 3.8) is 0 Å². The van der Waals surface area contributed by atoms with E-state index in [9.17, 15) is 26.7 Å². The van der Waals surface area contributed by atoms with E-state index in [0.29, 0.717) is 11.1 Å². The van der Waals surface area contributed by atoms with Crippen LogP contribution in [0.1, 0.15) is 39.9 Å². The molecule has 1 amide bonds. The number of likely N-dealkylation sites (N-methyl/N-ethyl adjacent to an activating group) is 1. The van der Waals surface area contributed by atoms with Crippen molar-refractivity contribution in [3.05, 3.63) is 100 Å². The molecule has 0 radical (unpaired) electrons. The van der Waals surface area contributed by atoms with Crippen LogP contribution in [0.25, 0.3) is 0 Å². The van der Waals surface area contributed by atoms with Gasteiger partial charge < -0.3 is 11.1 Å². The fourth-order valence-electron chi connectivity index (χ4n) is 4.01. The van der Waals surface area contributed by atoms with Gasteiger partial charge in [-0.3, -0.25) is 9.78 Å². The summed E-state index contributed by atoms with van der Waals surface area (Å²) in [5, 5.41) is 2.56. The van der Waals surface area contributed by atoms with Crippen molar-refractivity contribution in [3.8, 4) is 0 Å². The molecule has 1 aromatic heterocycles. The number of nitrogens with one attached hydrogen (secondary N) is 1. The number of nitrogens with zero attached hydrogens (tertiary/aromatic N) is 1. The molecule has 0 bridgehead atoms. The second kappa shape index (κ2) is 10.3. The van der Waals surface area contributed by atoms with Crippen molar-refractivity contribution in [1.82, 2.24) is 10.3 Å². The van der Waals surface area contributed by atoms with Crippen LogP contribution in [0.3, 0.4) is 0 Å². The predicted molar refractivity (Wildman–Crippen MR) is 118 cm³/mol. The van der Waals surface area contributed by atoms with Crippen molar-refractivity contribution < 1.29 is 26.7 Å². The lowest BCUT2D eigenvalue weighted by molar-refractivity contribution is -0.141. The maximum Gasteiger partial charge on any atom is 0.433 e. The highest BCUT2D eigenvalue weighted by molar-refractivity contribution is 5.84. The number of carbonyl (C=O) groups is 1. The van der Waals surface area contributed by atoms with Crippen LogP contribution in [-0.4, -0.2) is 17.9 Å². The van der Waals surface area contributed by atoms with Gasteiger partial charge in [-0.05, 0) is 54.7 Å². The first-order valence-corrected chi connectivity index (χ1v) is 10.5. The summed E-state index contributed by atoms with van der Waals surface area (Å²) in [7, 11) is 1.42. The second-order valence-electron chi connectivity index (χ2n) is 8.11. The molecule has 0 saturated heterocycles. The van der Waals surface area contributed by atoms with E-state index in [1.807, 2.05) is 0 Å². The Labute approximate surface area is 194 Å². The summed E-state index contributed by atoms with van der Waals surface area (Å²) in [6, 6.07) is 10.8. The number of aromatic nitrogens is 1. The van der Waals surface area contributed by atoms with Crippen LogP contribution >= 0.6 is 0 Å². The minimum Gasteiger partial charge on any atom is -0.359 e. The first-order valence-electron chi connectivity index (χ1n) is 10.5. The summed E-state index contributed by atoms with van der Waals surface area (Å²) in [5.41, 5.74) is 7.21. The number of rotatable bonds is 7. The molecule has 0 fully saturated rings. The topological polar surface area (TPSA) is 68.0 Å².